The standard InChI is InChI=1S/C32H33N3O3/c1-35(2)20-21-37-26-14-12-25(13-15-26)31-29(24-9-5-4-6-10-24)30-28(17-19-34-32(30)38-31)33-18-16-23-8-7-11-27(22-23)36-3/h4-15,17,19,22H,16,18,20-21H2,1-3H3,(H,33,34). The molecule has 0 bridgehead atoms. The molecule has 2 aromatic heterocycles. The van der Waals surface area contributed by atoms with Crippen LogP contribution in [0.15, 0.2) is 95.5 Å². The number of anilines is 1. The van der Waals surface area contributed by atoms with E-state index in [0.717, 1.165) is 64.5 Å². The Morgan fingerprint density at radius 2 is 1.68 bits per heavy atom. The van der Waals surface area contributed by atoms with Crippen LogP contribution in [0.4, 0.5) is 5.69 Å². The van der Waals surface area contributed by atoms with Crippen LogP contribution >= 0.6 is 0 Å². The second-order valence-corrected chi connectivity index (χ2v) is 9.42. The fraction of sp³-hybridized carbons (Fsp3) is 0.219. The van der Waals surface area contributed by atoms with Crippen LogP contribution in [0.25, 0.3) is 33.6 Å². The van der Waals surface area contributed by atoms with Crippen LogP contribution in [0, 0.1) is 0 Å². The predicted molar refractivity (Wildman–Crippen MR) is 154 cm³/mol. The molecule has 0 spiro atoms. The predicted octanol–water partition coefficient (Wildman–Crippen LogP) is 6.77. The summed E-state index contributed by atoms with van der Waals surface area (Å²) >= 11 is 0. The maximum absolute atomic E-state index is 6.41. The van der Waals surface area contributed by atoms with Crippen LogP contribution in [-0.2, 0) is 6.42 Å². The number of fused-ring (bicyclic) bond motifs is 1. The van der Waals surface area contributed by atoms with Gasteiger partial charge in [0.2, 0.25) is 5.71 Å². The van der Waals surface area contributed by atoms with E-state index >= 15 is 0 Å². The molecule has 6 heteroatoms. The lowest BCUT2D eigenvalue weighted by atomic mass is 9.98. The minimum Gasteiger partial charge on any atom is -0.497 e. The largest absolute Gasteiger partial charge is 0.497 e. The molecule has 1 N–H and O–H groups in total. The van der Waals surface area contributed by atoms with Crippen LogP contribution in [0.3, 0.4) is 0 Å². The summed E-state index contributed by atoms with van der Waals surface area (Å²) in [5, 5.41) is 4.60. The van der Waals surface area contributed by atoms with Crippen molar-refractivity contribution in [2.45, 2.75) is 6.42 Å². The number of ether oxygens (including phenoxy) is 2. The van der Waals surface area contributed by atoms with Gasteiger partial charge in [0.05, 0.1) is 12.5 Å². The van der Waals surface area contributed by atoms with E-state index in [4.69, 9.17) is 13.9 Å². The number of nitrogens with zero attached hydrogens (tertiary/aromatic N) is 2. The van der Waals surface area contributed by atoms with Crippen LogP contribution in [-0.4, -0.2) is 50.8 Å². The molecule has 0 aliphatic carbocycles. The van der Waals surface area contributed by atoms with Gasteiger partial charge in [0.1, 0.15) is 23.9 Å². The van der Waals surface area contributed by atoms with Gasteiger partial charge in [0.25, 0.3) is 0 Å². The highest BCUT2D eigenvalue weighted by atomic mass is 16.5. The molecule has 0 unspecified atom stereocenters. The van der Waals surface area contributed by atoms with Crippen molar-refractivity contribution in [3.8, 4) is 33.9 Å². The van der Waals surface area contributed by atoms with Crippen molar-refractivity contribution in [2.75, 3.05) is 46.2 Å². The molecular weight excluding hydrogens is 474 g/mol. The molecule has 0 amide bonds. The molecular formula is C32H33N3O3. The third-order valence-corrected chi connectivity index (χ3v) is 6.44. The fourth-order valence-electron chi connectivity index (χ4n) is 4.47. The van der Waals surface area contributed by atoms with Gasteiger partial charge in [-0.3, -0.25) is 0 Å². The van der Waals surface area contributed by atoms with Gasteiger partial charge in [-0.1, -0.05) is 42.5 Å². The molecule has 6 nitrogen and oxygen atoms in total. The van der Waals surface area contributed by atoms with Gasteiger partial charge >= 0.3 is 0 Å². The molecule has 0 fully saturated rings. The second kappa shape index (κ2) is 11.8. The van der Waals surface area contributed by atoms with Gasteiger partial charge in [-0.2, -0.15) is 0 Å². The summed E-state index contributed by atoms with van der Waals surface area (Å²) in [5.74, 6) is 2.50. The lowest BCUT2D eigenvalue weighted by molar-refractivity contribution is 0.261. The van der Waals surface area contributed by atoms with Crippen molar-refractivity contribution in [3.63, 3.8) is 0 Å². The first-order chi connectivity index (χ1) is 18.6. The minimum absolute atomic E-state index is 0.608. The van der Waals surface area contributed by atoms with Gasteiger partial charge in [-0.15, -0.1) is 0 Å². The van der Waals surface area contributed by atoms with E-state index in [1.54, 1.807) is 13.3 Å². The Hall–Kier alpha value is -4.29. The molecule has 5 rings (SSSR count). The Bertz CT molecular complexity index is 1480. The van der Waals surface area contributed by atoms with E-state index in [-0.39, 0.29) is 0 Å². The summed E-state index contributed by atoms with van der Waals surface area (Å²) in [4.78, 5) is 6.69. The molecule has 2 heterocycles. The van der Waals surface area contributed by atoms with Crippen LogP contribution in [0.5, 0.6) is 11.5 Å². The van der Waals surface area contributed by atoms with Crippen LogP contribution in [0.2, 0.25) is 0 Å². The molecule has 0 aliphatic rings. The maximum Gasteiger partial charge on any atom is 0.229 e. The number of aromatic nitrogens is 1. The molecule has 3 aromatic carbocycles. The summed E-state index contributed by atoms with van der Waals surface area (Å²) in [6, 6.07) is 28.6. The number of likely N-dealkylation sites (N-methyl/N-ethyl adjacent to an activating group) is 1. The Kier molecular flexibility index (Phi) is 7.90. The average molecular weight is 508 g/mol. The maximum atomic E-state index is 6.41. The fourth-order valence-corrected chi connectivity index (χ4v) is 4.47. The zero-order valence-corrected chi connectivity index (χ0v) is 22.1. The zero-order valence-electron chi connectivity index (χ0n) is 22.1. The smallest absolute Gasteiger partial charge is 0.229 e. The SMILES string of the molecule is COc1cccc(CCNc2ccnc3oc(-c4ccc(OCCN(C)C)cc4)c(-c4ccccc4)c23)c1. The monoisotopic (exact) mass is 507 g/mol. The first-order valence-electron chi connectivity index (χ1n) is 12.8. The Morgan fingerprint density at radius 1 is 0.868 bits per heavy atom. The molecule has 194 valence electrons. The first kappa shape index (κ1) is 25.4. The van der Waals surface area contributed by atoms with Crippen molar-refractivity contribution >= 4 is 16.8 Å². The highest BCUT2D eigenvalue weighted by Crippen LogP contribution is 2.43. The van der Waals surface area contributed by atoms with Crippen molar-refractivity contribution in [1.29, 1.82) is 0 Å². The summed E-state index contributed by atoms with van der Waals surface area (Å²) in [7, 11) is 5.77. The number of hydrogen-bond donors (Lipinski definition) is 1. The van der Waals surface area contributed by atoms with E-state index in [2.05, 4.69) is 39.5 Å². The zero-order chi connectivity index (χ0) is 26.3. The van der Waals surface area contributed by atoms with E-state index < -0.39 is 0 Å². The summed E-state index contributed by atoms with van der Waals surface area (Å²) in [5.41, 5.74) is 5.90. The molecule has 0 saturated carbocycles. The lowest BCUT2D eigenvalue weighted by Crippen LogP contribution is -2.19. The quantitative estimate of drug-likeness (QED) is 0.213. The molecule has 5 aromatic rings. The summed E-state index contributed by atoms with van der Waals surface area (Å²) in [6.07, 6.45) is 2.65. The van der Waals surface area contributed by atoms with E-state index in [9.17, 15) is 0 Å². The summed E-state index contributed by atoms with van der Waals surface area (Å²) in [6.45, 7) is 2.27. The van der Waals surface area contributed by atoms with E-state index in [0.29, 0.717) is 12.3 Å². The van der Waals surface area contributed by atoms with Crippen LogP contribution < -0.4 is 14.8 Å². The van der Waals surface area contributed by atoms with Gasteiger partial charge in [0.15, 0.2) is 0 Å². The lowest BCUT2D eigenvalue weighted by Gasteiger charge is -2.11. The van der Waals surface area contributed by atoms with Crippen molar-refractivity contribution in [1.82, 2.24) is 9.88 Å². The number of hydrogen-bond acceptors (Lipinski definition) is 6. The molecule has 0 aliphatic heterocycles. The summed E-state index contributed by atoms with van der Waals surface area (Å²) < 4.78 is 17.7. The minimum atomic E-state index is 0.608. The topological polar surface area (TPSA) is 59.8 Å². The molecule has 0 atom stereocenters. The van der Waals surface area contributed by atoms with E-state index in [1.807, 2.05) is 74.8 Å². The van der Waals surface area contributed by atoms with Crippen LogP contribution in [0.1, 0.15) is 5.56 Å². The molecule has 0 saturated heterocycles. The van der Waals surface area contributed by atoms with Crippen molar-refractivity contribution in [2.24, 2.45) is 0 Å². The Morgan fingerprint density at radius 3 is 2.45 bits per heavy atom. The van der Waals surface area contributed by atoms with E-state index in [1.165, 1.54) is 5.56 Å². The third-order valence-electron chi connectivity index (χ3n) is 6.44. The first-order valence-corrected chi connectivity index (χ1v) is 12.8. The number of nitrogens with one attached hydrogen (secondary N) is 1. The van der Waals surface area contributed by atoms with Crippen molar-refractivity contribution < 1.29 is 13.9 Å². The highest BCUT2D eigenvalue weighted by Gasteiger charge is 2.21. The number of furan rings is 1. The van der Waals surface area contributed by atoms with Gasteiger partial charge in [-0.05, 0) is 74.1 Å². The Labute approximate surface area is 223 Å². The normalized spacial score (nSPS) is 11.2. The second-order valence-electron chi connectivity index (χ2n) is 9.42. The third kappa shape index (κ3) is 5.82. The Balaban J connectivity index is 1.47. The number of benzene rings is 3. The van der Waals surface area contributed by atoms with Crippen molar-refractivity contribution in [3.05, 3.63) is 96.7 Å². The number of pyridine rings is 1. The van der Waals surface area contributed by atoms with Gasteiger partial charge in [0, 0.05) is 36.1 Å². The molecule has 38 heavy (non-hydrogen) atoms. The average Bonchev–Trinajstić information content (AvgIpc) is 3.34. The van der Waals surface area contributed by atoms with Gasteiger partial charge in [-0.25, -0.2) is 4.98 Å². The number of methoxy groups -OCH3 is 1. The van der Waals surface area contributed by atoms with Gasteiger partial charge < -0.3 is 24.1 Å². The molecule has 0 radical (unpaired) electrons. The highest BCUT2D eigenvalue weighted by molar-refractivity contribution is 6.06. The number of rotatable bonds is 11.